The van der Waals surface area contributed by atoms with Crippen LogP contribution in [0.15, 0.2) is 12.2 Å². The van der Waals surface area contributed by atoms with Gasteiger partial charge in [-0.25, -0.2) is 0 Å². The predicted molar refractivity (Wildman–Crippen MR) is 73.0 cm³/mol. The van der Waals surface area contributed by atoms with E-state index < -0.39 is 8.56 Å². The summed E-state index contributed by atoms with van der Waals surface area (Å²) in [5.74, 6) is 0. The summed E-state index contributed by atoms with van der Waals surface area (Å²) in [4.78, 5) is 0. The Kier molecular flexibility index (Phi) is 9.98. The van der Waals surface area contributed by atoms with Gasteiger partial charge in [-0.2, -0.15) is 0 Å². The van der Waals surface area contributed by atoms with E-state index in [9.17, 15) is 0 Å². The largest absolute Gasteiger partial charge is 0.395 e. The molecule has 0 saturated heterocycles. The van der Waals surface area contributed by atoms with Crippen LogP contribution >= 0.6 is 0 Å². The van der Waals surface area contributed by atoms with Crippen LogP contribution in [-0.2, 0) is 8.85 Å². The zero-order chi connectivity index (χ0) is 12.3. The van der Waals surface area contributed by atoms with Crippen LogP contribution in [0.1, 0.15) is 46.0 Å². The molecule has 0 saturated carbocycles. The first-order valence-electron chi connectivity index (χ1n) is 6.51. The van der Waals surface area contributed by atoms with Gasteiger partial charge >= 0.3 is 8.56 Å². The lowest BCUT2D eigenvalue weighted by Gasteiger charge is -2.22. The third-order valence-electron chi connectivity index (χ3n) is 2.46. The summed E-state index contributed by atoms with van der Waals surface area (Å²) >= 11 is 0. The summed E-state index contributed by atoms with van der Waals surface area (Å²) in [6.45, 7) is 10.0. The van der Waals surface area contributed by atoms with Crippen molar-refractivity contribution in [3.63, 3.8) is 0 Å². The van der Waals surface area contributed by atoms with Crippen molar-refractivity contribution in [3.8, 4) is 0 Å². The normalized spacial score (nSPS) is 12.5. The molecular formula is C13H28O2Si. The molecule has 0 aromatic heterocycles. The molecule has 0 radical (unpaired) electrons. The van der Waals surface area contributed by atoms with Crippen molar-refractivity contribution < 1.29 is 8.85 Å². The number of unbranched alkanes of at least 4 members (excludes halogenated alkanes) is 4. The van der Waals surface area contributed by atoms with Gasteiger partial charge in [-0.3, -0.25) is 0 Å². The van der Waals surface area contributed by atoms with E-state index in [0.717, 1.165) is 6.61 Å². The van der Waals surface area contributed by atoms with Gasteiger partial charge in [-0.15, -0.1) is 0 Å². The molecular weight excluding hydrogens is 216 g/mol. The van der Waals surface area contributed by atoms with E-state index in [1.807, 2.05) is 19.1 Å². The molecule has 0 aliphatic heterocycles. The molecule has 16 heavy (non-hydrogen) atoms. The molecule has 96 valence electrons. The summed E-state index contributed by atoms with van der Waals surface area (Å²) in [5.41, 5.74) is 0. The third kappa shape index (κ3) is 10.4. The topological polar surface area (TPSA) is 18.5 Å². The SMILES string of the molecule is C/C=C/CO[Si](C)(C)OCCCCCCC. The van der Waals surface area contributed by atoms with Crippen molar-refractivity contribution in [2.75, 3.05) is 13.2 Å². The van der Waals surface area contributed by atoms with Gasteiger partial charge in [0.25, 0.3) is 0 Å². The van der Waals surface area contributed by atoms with Crippen LogP contribution in [-0.4, -0.2) is 21.8 Å². The maximum atomic E-state index is 5.84. The zero-order valence-corrected chi connectivity index (χ0v) is 12.4. The highest BCUT2D eigenvalue weighted by molar-refractivity contribution is 6.64. The number of allylic oxidation sites excluding steroid dienone is 1. The lowest BCUT2D eigenvalue weighted by atomic mass is 10.2. The van der Waals surface area contributed by atoms with Crippen LogP contribution in [0.5, 0.6) is 0 Å². The minimum absolute atomic E-state index is 0.686. The number of rotatable bonds is 10. The second-order valence-corrected chi connectivity index (χ2v) is 7.92. The fraction of sp³-hybridized carbons (Fsp3) is 0.846. The Morgan fingerprint density at radius 1 is 1.00 bits per heavy atom. The van der Waals surface area contributed by atoms with Crippen molar-refractivity contribution >= 4 is 8.56 Å². The standard InChI is InChI=1S/C13H28O2Si/c1-5-7-9-10-11-13-15-16(3,4)14-12-8-6-2/h6,8H,5,7,9-13H2,1-4H3/b8-6+. The van der Waals surface area contributed by atoms with E-state index in [2.05, 4.69) is 20.0 Å². The fourth-order valence-electron chi connectivity index (χ4n) is 1.41. The number of hydrogen-bond donors (Lipinski definition) is 0. The number of hydrogen-bond acceptors (Lipinski definition) is 2. The van der Waals surface area contributed by atoms with E-state index in [0.29, 0.717) is 6.61 Å². The summed E-state index contributed by atoms with van der Waals surface area (Å²) < 4.78 is 11.6. The van der Waals surface area contributed by atoms with Crippen LogP contribution < -0.4 is 0 Å². The Morgan fingerprint density at radius 3 is 2.31 bits per heavy atom. The van der Waals surface area contributed by atoms with Crippen molar-refractivity contribution in [2.45, 2.75) is 59.0 Å². The van der Waals surface area contributed by atoms with E-state index in [-0.39, 0.29) is 0 Å². The summed E-state index contributed by atoms with van der Waals surface area (Å²) in [6, 6.07) is 0. The monoisotopic (exact) mass is 244 g/mol. The van der Waals surface area contributed by atoms with E-state index >= 15 is 0 Å². The van der Waals surface area contributed by atoms with Crippen LogP contribution in [0.2, 0.25) is 13.1 Å². The van der Waals surface area contributed by atoms with Gasteiger partial charge in [0.15, 0.2) is 0 Å². The van der Waals surface area contributed by atoms with Crippen LogP contribution in [0.4, 0.5) is 0 Å². The van der Waals surface area contributed by atoms with Crippen molar-refractivity contribution in [1.82, 2.24) is 0 Å². The molecule has 2 nitrogen and oxygen atoms in total. The Balaban J connectivity index is 3.42. The van der Waals surface area contributed by atoms with Crippen molar-refractivity contribution in [1.29, 1.82) is 0 Å². The minimum Gasteiger partial charge on any atom is -0.395 e. The van der Waals surface area contributed by atoms with Gasteiger partial charge < -0.3 is 8.85 Å². The third-order valence-corrected chi connectivity index (χ3v) is 4.22. The highest BCUT2D eigenvalue weighted by Crippen LogP contribution is 2.09. The maximum absolute atomic E-state index is 5.84. The molecule has 0 aromatic carbocycles. The first-order valence-corrected chi connectivity index (χ1v) is 9.33. The van der Waals surface area contributed by atoms with Gasteiger partial charge in [0.2, 0.25) is 0 Å². The molecule has 0 aromatic rings. The zero-order valence-electron chi connectivity index (χ0n) is 11.4. The molecule has 0 rings (SSSR count). The molecule has 0 heterocycles. The summed E-state index contributed by atoms with van der Waals surface area (Å²) in [7, 11) is -1.86. The molecule has 0 N–H and O–H groups in total. The van der Waals surface area contributed by atoms with E-state index in [4.69, 9.17) is 8.85 Å². The highest BCUT2D eigenvalue weighted by Gasteiger charge is 2.23. The van der Waals surface area contributed by atoms with Crippen LogP contribution in [0.3, 0.4) is 0 Å². The summed E-state index contributed by atoms with van der Waals surface area (Å²) in [6.07, 6.45) is 10.5. The van der Waals surface area contributed by atoms with E-state index in [1.165, 1.54) is 32.1 Å². The van der Waals surface area contributed by atoms with Gasteiger partial charge in [0.05, 0.1) is 6.61 Å². The molecule has 0 spiro atoms. The maximum Gasteiger partial charge on any atom is 0.331 e. The van der Waals surface area contributed by atoms with Gasteiger partial charge in [-0.1, -0.05) is 44.8 Å². The molecule has 3 heteroatoms. The quantitative estimate of drug-likeness (QED) is 0.325. The molecule has 0 fully saturated rings. The second-order valence-electron chi connectivity index (χ2n) is 4.54. The Morgan fingerprint density at radius 2 is 1.69 bits per heavy atom. The lowest BCUT2D eigenvalue weighted by Crippen LogP contribution is -2.35. The van der Waals surface area contributed by atoms with Gasteiger partial charge in [0, 0.05) is 6.61 Å². The summed E-state index contributed by atoms with van der Waals surface area (Å²) in [5, 5.41) is 0. The molecule has 0 unspecified atom stereocenters. The van der Waals surface area contributed by atoms with E-state index in [1.54, 1.807) is 0 Å². The fourth-order valence-corrected chi connectivity index (χ4v) is 2.63. The van der Waals surface area contributed by atoms with Crippen LogP contribution in [0, 0.1) is 0 Å². The molecule has 0 atom stereocenters. The Labute approximate surface area is 102 Å². The van der Waals surface area contributed by atoms with Crippen LogP contribution in [0.25, 0.3) is 0 Å². The first kappa shape index (κ1) is 15.9. The second kappa shape index (κ2) is 10.1. The average molecular weight is 244 g/mol. The molecule has 0 aliphatic rings. The van der Waals surface area contributed by atoms with Gasteiger partial charge in [-0.05, 0) is 26.4 Å². The molecule has 0 amide bonds. The van der Waals surface area contributed by atoms with Crippen molar-refractivity contribution in [2.24, 2.45) is 0 Å². The Hall–Kier alpha value is -0.123. The molecule has 0 bridgehead atoms. The van der Waals surface area contributed by atoms with Gasteiger partial charge in [0.1, 0.15) is 0 Å². The first-order chi connectivity index (χ1) is 7.62. The lowest BCUT2D eigenvalue weighted by molar-refractivity contribution is 0.191. The highest BCUT2D eigenvalue weighted by atomic mass is 28.4. The predicted octanol–water partition coefficient (Wildman–Crippen LogP) is 4.27. The Bertz CT molecular complexity index is 179. The molecule has 0 aliphatic carbocycles. The average Bonchev–Trinajstić information content (AvgIpc) is 2.23. The smallest absolute Gasteiger partial charge is 0.331 e. The van der Waals surface area contributed by atoms with Crippen molar-refractivity contribution in [3.05, 3.63) is 12.2 Å². The minimum atomic E-state index is -1.86.